The summed E-state index contributed by atoms with van der Waals surface area (Å²) in [6.45, 7) is 8.38. The number of methoxy groups -OCH3 is 1. The van der Waals surface area contributed by atoms with Crippen LogP contribution < -0.4 is 8.92 Å². The highest BCUT2D eigenvalue weighted by Gasteiger charge is 2.48. The van der Waals surface area contributed by atoms with E-state index in [1.165, 1.54) is 31.4 Å². The summed E-state index contributed by atoms with van der Waals surface area (Å²) >= 11 is 7.94. The zero-order chi connectivity index (χ0) is 30.1. The topological polar surface area (TPSA) is 90.0 Å². The average molecular weight is 710 g/mol. The second-order valence-corrected chi connectivity index (χ2v) is 15.8. The van der Waals surface area contributed by atoms with Gasteiger partial charge in [0.25, 0.3) is 0 Å². The average Bonchev–Trinajstić information content (AvgIpc) is 2.85. The molecule has 0 aromatic heterocycles. The highest BCUT2D eigenvalue weighted by atomic mass is 127. The second kappa shape index (κ2) is 10.4. The summed E-state index contributed by atoms with van der Waals surface area (Å²) in [6.07, 6.45) is 2.18. The standard InChI is InChI=1S/C31H33ClINO6S/c1-30(2)13-21-27(23(35)15-30)26(28-22(34(21)5)14-31(3,4)16-24(28)36)17-11-20(33)29(25(12-17)39-6)40-41(37,38)19-9-7-18(32)8-10-19/h7-12,26H,13-16H2,1-6H3. The fourth-order valence-corrected chi connectivity index (χ4v) is 8.21. The van der Waals surface area contributed by atoms with Crippen molar-refractivity contribution in [2.75, 3.05) is 14.2 Å². The van der Waals surface area contributed by atoms with Crippen LogP contribution in [0.5, 0.6) is 11.5 Å². The van der Waals surface area contributed by atoms with Gasteiger partial charge in [0.15, 0.2) is 23.1 Å². The molecule has 0 spiro atoms. The maximum absolute atomic E-state index is 13.8. The minimum absolute atomic E-state index is 0.0249. The summed E-state index contributed by atoms with van der Waals surface area (Å²) in [6, 6.07) is 9.19. The predicted molar refractivity (Wildman–Crippen MR) is 166 cm³/mol. The van der Waals surface area contributed by atoms with Crippen LogP contribution in [0.4, 0.5) is 0 Å². The number of hydrogen-bond acceptors (Lipinski definition) is 7. The van der Waals surface area contributed by atoms with E-state index in [0.29, 0.717) is 51.0 Å². The van der Waals surface area contributed by atoms with E-state index in [4.69, 9.17) is 20.5 Å². The van der Waals surface area contributed by atoms with Crippen LogP contribution >= 0.6 is 34.2 Å². The van der Waals surface area contributed by atoms with Crippen LogP contribution in [0.3, 0.4) is 0 Å². The van der Waals surface area contributed by atoms with Crippen LogP contribution in [0.25, 0.3) is 0 Å². The number of halogens is 2. The minimum atomic E-state index is -4.19. The number of allylic oxidation sites excluding steroid dienone is 4. The van der Waals surface area contributed by atoms with Gasteiger partial charge >= 0.3 is 10.1 Å². The van der Waals surface area contributed by atoms with Crippen molar-refractivity contribution in [3.8, 4) is 11.5 Å². The number of nitrogens with zero attached hydrogens (tertiary/aromatic N) is 1. The van der Waals surface area contributed by atoms with Crippen molar-refractivity contribution in [2.45, 2.75) is 64.2 Å². The number of benzene rings is 2. The summed E-state index contributed by atoms with van der Waals surface area (Å²) in [4.78, 5) is 29.6. The number of ketones is 2. The van der Waals surface area contributed by atoms with Crippen LogP contribution in [0.15, 0.2) is 63.8 Å². The van der Waals surface area contributed by atoms with Crippen molar-refractivity contribution in [2.24, 2.45) is 10.8 Å². The number of ether oxygens (including phenoxy) is 1. The van der Waals surface area contributed by atoms with Gasteiger partial charge in [-0.2, -0.15) is 8.42 Å². The molecule has 1 aliphatic heterocycles. The first-order valence-electron chi connectivity index (χ1n) is 13.4. The first-order chi connectivity index (χ1) is 19.0. The van der Waals surface area contributed by atoms with E-state index >= 15 is 0 Å². The van der Waals surface area contributed by atoms with E-state index < -0.39 is 16.0 Å². The normalized spacial score (nSPS) is 20.6. The van der Waals surface area contributed by atoms with E-state index in [9.17, 15) is 18.0 Å². The molecule has 2 aliphatic carbocycles. The molecule has 7 nitrogen and oxygen atoms in total. The molecule has 0 amide bonds. The van der Waals surface area contributed by atoms with Crippen LogP contribution in [0, 0.1) is 14.4 Å². The molecule has 3 aliphatic rings. The summed E-state index contributed by atoms with van der Waals surface area (Å²) in [5.74, 6) is -0.295. The Balaban J connectivity index is 1.67. The van der Waals surface area contributed by atoms with Crippen LogP contribution in [-0.2, 0) is 19.7 Å². The summed E-state index contributed by atoms with van der Waals surface area (Å²) in [5.41, 5.74) is 3.44. The predicted octanol–water partition coefficient (Wildman–Crippen LogP) is 7.04. The maximum Gasteiger partial charge on any atom is 0.339 e. The highest BCUT2D eigenvalue weighted by Crippen LogP contribution is 2.54. The molecule has 218 valence electrons. The molecule has 10 heteroatoms. The lowest BCUT2D eigenvalue weighted by Gasteiger charge is -2.48. The Hall–Kier alpha value is -2.37. The molecular weight excluding hydrogens is 677 g/mol. The Bertz CT molecular complexity index is 1590. The Morgan fingerprint density at radius 1 is 0.902 bits per heavy atom. The molecule has 0 saturated carbocycles. The van der Waals surface area contributed by atoms with Gasteiger partial charge in [0.1, 0.15) is 4.90 Å². The smallest absolute Gasteiger partial charge is 0.339 e. The zero-order valence-electron chi connectivity index (χ0n) is 23.9. The van der Waals surface area contributed by atoms with E-state index in [-0.39, 0.29) is 38.8 Å². The number of rotatable bonds is 5. The lowest BCUT2D eigenvalue weighted by molar-refractivity contribution is -0.119. The van der Waals surface area contributed by atoms with Crippen molar-refractivity contribution in [3.05, 3.63) is 73.1 Å². The molecular formula is C31H33ClINO6S. The highest BCUT2D eigenvalue weighted by molar-refractivity contribution is 14.1. The molecule has 0 saturated heterocycles. The SMILES string of the molecule is COc1cc(C2C3=C(CC(C)(C)CC3=O)N(C)C3=C2C(=O)CC(C)(C)C3)cc(I)c1OS(=O)(=O)c1ccc(Cl)cc1. The maximum atomic E-state index is 13.8. The Morgan fingerprint density at radius 3 is 1.90 bits per heavy atom. The molecule has 0 unspecified atom stereocenters. The van der Waals surface area contributed by atoms with Gasteiger partial charge in [0.05, 0.1) is 10.7 Å². The molecule has 1 heterocycles. The number of Topliss-reactive ketones (excluding diaryl/α,β-unsaturated/α-hetero) is 2. The van der Waals surface area contributed by atoms with Crippen molar-refractivity contribution < 1.29 is 26.9 Å². The van der Waals surface area contributed by atoms with E-state index in [1.807, 2.05) is 29.6 Å². The minimum Gasteiger partial charge on any atom is -0.493 e. The molecule has 2 aromatic carbocycles. The van der Waals surface area contributed by atoms with Gasteiger partial charge in [0.2, 0.25) is 0 Å². The quantitative estimate of drug-likeness (QED) is 0.243. The van der Waals surface area contributed by atoms with Crippen molar-refractivity contribution in [3.63, 3.8) is 0 Å². The lowest BCUT2D eigenvalue weighted by Crippen LogP contribution is -2.43. The van der Waals surface area contributed by atoms with Crippen molar-refractivity contribution in [1.29, 1.82) is 0 Å². The third-order valence-electron chi connectivity index (χ3n) is 8.06. The van der Waals surface area contributed by atoms with Gasteiger partial charge in [-0.05, 0) is 88.2 Å². The fourth-order valence-electron chi connectivity index (χ4n) is 6.24. The van der Waals surface area contributed by atoms with Gasteiger partial charge in [0, 0.05) is 53.4 Å². The summed E-state index contributed by atoms with van der Waals surface area (Å²) in [7, 11) is -0.789. The third kappa shape index (κ3) is 5.57. The lowest BCUT2D eigenvalue weighted by atomic mass is 9.64. The van der Waals surface area contributed by atoms with Crippen LogP contribution in [0.1, 0.15) is 64.9 Å². The number of carbonyl (C=O) groups excluding carboxylic acids is 2. The van der Waals surface area contributed by atoms with Gasteiger partial charge < -0.3 is 13.8 Å². The molecule has 5 rings (SSSR count). The molecule has 41 heavy (non-hydrogen) atoms. The van der Waals surface area contributed by atoms with Gasteiger partial charge in [-0.3, -0.25) is 9.59 Å². The molecule has 2 aromatic rings. The molecule has 0 radical (unpaired) electrons. The Morgan fingerprint density at radius 2 is 1.41 bits per heavy atom. The molecule has 0 bridgehead atoms. The van der Waals surface area contributed by atoms with Gasteiger partial charge in [-0.15, -0.1) is 0 Å². The second-order valence-electron chi connectivity index (χ2n) is 12.6. The molecule has 0 N–H and O–H groups in total. The largest absolute Gasteiger partial charge is 0.493 e. The van der Waals surface area contributed by atoms with E-state index in [2.05, 4.69) is 32.6 Å². The fraction of sp³-hybridized carbons (Fsp3) is 0.419. The molecule has 0 atom stereocenters. The van der Waals surface area contributed by atoms with Crippen molar-refractivity contribution in [1.82, 2.24) is 4.90 Å². The molecule has 0 fully saturated rings. The monoisotopic (exact) mass is 709 g/mol. The van der Waals surface area contributed by atoms with E-state index in [0.717, 1.165) is 11.4 Å². The number of carbonyl (C=O) groups is 2. The first kappa shape index (κ1) is 30.1. The first-order valence-corrected chi connectivity index (χ1v) is 16.2. The van der Waals surface area contributed by atoms with Gasteiger partial charge in [-0.25, -0.2) is 0 Å². The zero-order valence-corrected chi connectivity index (χ0v) is 27.7. The number of hydrogen-bond donors (Lipinski definition) is 0. The third-order valence-corrected chi connectivity index (χ3v) is 10.3. The van der Waals surface area contributed by atoms with Crippen molar-refractivity contribution >= 4 is 55.9 Å². The van der Waals surface area contributed by atoms with E-state index in [1.54, 1.807) is 12.1 Å². The summed E-state index contributed by atoms with van der Waals surface area (Å²) in [5, 5.41) is 0.405. The Kier molecular flexibility index (Phi) is 7.65. The van der Waals surface area contributed by atoms with Gasteiger partial charge in [-0.1, -0.05) is 39.3 Å². The summed E-state index contributed by atoms with van der Waals surface area (Å²) < 4.78 is 37.9. The Labute approximate surface area is 260 Å². The van der Waals surface area contributed by atoms with Crippen LogP contribution in [0.2, 0.25) is 5.02 Å². The van der Waals surface area contributed by atoms with Crippen LogP contribution in [-0.4, -0.2) is 39.0 Å².